The maximum atomic E-state index is 14.0. The van der Waals surface area contributed by atoms with Crippen LogP contribution in [0.25, 0.3) is 16.7 Å². The lowest BCUT2D eigenvalue weighted by molar-refractivity contribution is -0.246. The van der Waals surface area contributed by atoms with E-state index in [9.17, 15) is 28.2 Å². The van der Waals surface area contributed by atoms with Crippen LogP contribution in [0.1, 0.15) is 34.0 Å². The molecular weight excluding hydrogens is 373 g/mol. The molecule has 5 nitrogen and oxygen atoms in total. The second kappa shape index (κ2) is 6.79. The molecule has 1 aliphatic carbocycles. The van der Waals surface area contributed by atoms with Gasteiger partial charge in [0.05, 0.1) is 5.56 Å². The molecule has 0 aliphatic heterocycles. The van der Waals surface area contributed by atoms with Gasteiger partial charge in [0.2, 0.25) is 5.60 Å². The molecule has 1 unspecified atom stereocenters. The third kappa shape index (κ3) is 2.77. The Hall–Kier alpha value is -3.13. The first-order chi connectivity index (χ1) is 13.2. The van der Waals surface area contributed by atoms with Gasteiger partial charge in [0.15, 0.2) is 0 Å². The minimum absolute atomic E-state index is 0.0294. The number of carboxylic acid groups (broad SMARTS) is 1. The van der Waals surface area contributed by atoms with Crippen molar-refractivity contribution >= 4 is 17.8 Å². The molecule has 8 heteroatoms. The molecule has 1 aliphatic rings. The first-order valence-electron chi connectivity index (χ1n) is 8.39. The van der Waals surface area contributed by atoms with Gasteiger partial charge in [0.25, 0.3) is 0 Å². The number of allylic oxidation sites excluding steroid dienone is 1. The number of fused-ring (bicyclic) bond motifs is 3. The number of carboxylic acids is 1. The number of nitrogens with zero attached hydrogens (tertiary/aromatic N) is 1. The van der Waals surface area contributed by atoms with Crippen molar-refractivity contribution in [3.8, 4) is 11.1 Å². The summed E-state index contributed by atoms with van der Waals surface area (Å²) in [6.07, 6.45) is -2.59. The molecule has 146 valence electrons. The first kappa shape index (κ1) is 19.6. The highest BCUT2D eigenvalue weighted by atomic mass is 19.4. The zero-order valence-corrected chi connectivity index (χ0v) is 14.8. The molecule has 0 fully saturated rings. The van der Waals surface area contributed by atoms with E-state index >= 15 is 0 Å². The van der Waals surface area contributed by atoms with Gasteiger partial charge in [0.1, 0.15) is 0 Å². The van der Waals surface area contributed by atoms with E-state index in [0.29, 0.717) is 6.54 Å². The van der Waals surface area contributed by atoms with Crippen LogP contribution in [-0.2, 0) is 5.60 Å². The van der Waals surface area contributed by atoms with Gasteiger partial charge < -0.3 is 15.9 Å². The lowest BCUT2D eigenvalue weighted by atomic mass is 9.87. The number of halogens is 3. The number of hydrogen-bond acceptors (Lipinski definition) is 4. The first-order valence-corrected chi connectivity index (χ1v) is 8.39. The minimum atomic E-state index is -5.06. The molecule has 1 atom stereocenters. The van der Waals surface area contributed by atoms with Gasteiger partial charge >= 0.3 is 12.1 Å². The van der Waals surface area contributed by atoms with E-state index in [1.165, 1.54) is 30.5 Å². The fraction of sp³-hybridized carbons (Fsp3) is 0.200. The Morgan fingerprint density at radius 1 is 1.25 bits per heavy atom. The van der Waals surface area contributed by atoms with Crippen LogP contribution in [0.5, 0.6) is 0 Å². The molecule has 0 radical (unpaired) electrons. The van der Waals surface area contributed by atoms with Gasteiger partial charge in [-0.25, -0.2) is 4.79 Å². The van der Waals surface area contributed by atoms with Crippen molar-refractivity contribution in [1.29, 1.82) is 0 Å². The van der Waals surface area contributed by atoms with Crippen LogP contribution in [0, 0.1) is 0 Å². The van der Waals surface area contributed by atoms with E-state index in [4.69, 9.17) is 5.73 Å². The molecule has 28 heavy (non-hydrogen) atoms. The topological polar surface area (TPSA) is 95.9 Å². The number of carbonyl (C=O) groups is 1. The molecule has 0 spiro atoms. The minimum Gasteiger partial charge on any atom is -0.478 e. The van der Waals surface area contributed by atoms with Gasteiger partial charge in [-0.1, -0.05) is 24.3 Å². The fourth-order valence-electron chi connectivity index (χ4n) is 3.42. The Kier molecular flexibility index (Phi) is 4.76. The molecule has 0 saturated carbocycles. The van der Waals surface area contributed by atoms with E-state index in [1.54, 1.807) is 6.92 Å². The second-order valence-electron chi connectivity index (χ2n) is 6.26. The standard InChI is InChI=1S/C20H17F3N2O3/c1-2-25-10-12(9-24)11-7-14(18(26)27)17-13-5-3-4-6-15(13)19(28,16(17)8-11)20(21,22)23/h3-10,28H,2,24H2,1H3,(H,26,27). The number of aliphatic imine (C=N–C) groups is 1. The lowest BCUT2D eigenvalue weighted by Gasteiger charge is -2.28. The van der Waals surface area contributed by atoms with Crippen LogP contribution in [0.4, 0.5) is 13.2 Å². The van der Waals surface area contributed by atoms with Crippen molar-refractivity contribution in [2.24, 2.45) is 10.7 Å². The highest BCUT2D eigenvalue weighted by Gasteiger charge is 2.61. The normalized spacial score (nSPS) is 19.0. The number of nitrogens with two attached hydrogens (primary N) is 1. The lowest BCUT2D eigenvalue weighted by Crippen LogP contribution is -2.41. The van der Waals surface area contributed by atoms with Gasteiger partial charge in [-0.3, -0.25) is 4.99 Å². The van der Waals surface area contributed by atoms with Crippen LogP contribution in [0.3, 0.4) is 0 Å². The molecule has 2 aromatic carbocycles. The van der Waals surface area contributed by atoms with Gasteiger partial charge in [0, 0.05) is 41.2 Å². The zero-order valence-electron chi connectivity index (χ0n) is 14.8. The third-order valence-electron chi connectivity index (χ3n) is 4.68. The Morgan fingerprint density at radius 3 is 2.50 bits per heavy atom. The molecule has 4 N–H and O–H groups in total. The molecule has 0 amide bonds. The van der Waals surface area contributed by atoms with E-state index in [-0.39, 0.29) is 27.8 Å². The highest BCUT2D eigenvalue weighted by molar-refractivity contribution is 6.11. The van der Waals surface area contributed by atoms with Gasteiger partial charge in [-0.15, -0.1) is 0 Å². The maximum Gasteiger partial charge on any atom is 0.425 e. The van der Waals surface area contributed by atoms with E-state index < -0.39 is 28.9 Å². The molecule has 0 heterocycles. The van der Waals surface area contributed by atoms with Gasteiger partial charge in [-0.05, 0) is 30.2 Å². The van der Waals surface area contributed by atoms with Crippen molar-refractivity contribution in [3.05, 3.63) is 64.9 Å². The summed E-state index contributed by atoms with van der Waals surface area (Å²) < 4.78 is 42.0. The Balaban J connectivity index is 2.42. The van der Waals surface area contributed by atoms with Crippen molar-refractivity contribution in [1.82, 2.24) is 0 Å². The summed E-state index contributed by atoms with van der Waals surface area (Å²) in [5.41, 5.74) is 1.17. The van der Waals surface area contributed by atoms with Gasteiger partial charge in [-0.2, -0.15) is 13.2 Å². The highest BCUT2D eigenvalue weighted by Crippen LogP contribution is 2.56. The Morgan fingerprint density at radius 2 is 1.93 bits per heavy atom. The van der Waals surface area contributed by atoms with E-state index in [1.807, 2.05) is 0 Å². The number of hydrogen-bond donors (Lipinski definition) is 3. The summed E-state index contributed by atoms with van der Waals surface area (Å²) in [6.45, 7) is 2.17. The molecule has 0 aromatic heterocycles. The maximum absolute atomic E-state index is 14.0. The summed E-state index contributed by atoms with van der Waals surface area (Å²) in [7, 11) is 0. The van der Waals surface area contributed by atoms with E-state index in [0.717, 1.165) is 18.3 Å². The van der Waals surface area contributed by atoms with Crippen LogP contribution in [-0.4, -0.2) is 35.1 Å². The summed E-state index contributed by atoms with van der Waals surface area (Å²) in [4.78, 5) is 15.9. The zero-order chi connectivity index (χ0) is 20.7. The van der Waals surface area contributed by atoms with Crippen molar-refractivity contribution in [2.45, 2.75) is 18.7 Å². The largest absolute Gasteiger partial charge is 0.478 e. The summed E-state index contributed by atoms with van der Waals surface area (Å²) >= 11 is 0. The van der Waals surface area contributed by atoms with Crippen LogP contribution < -0.4 is 5.73 Å². The summed E-state index contributed by atoms with van der Waals surface area (Å²) in [5.74, 6) is -1.41. The molecule has 0 saturated heterocycles. The Bertz CT molecular complexity index is 1010. The molecule has 3 rings (SSSR count). The number of alkyl halides is 3. The van der Waals surface area contributed by atoms with Crippen LogP contribution >= 0.6 is 0 Å². The molecule has 0 bridgehead atoms. The van der Waals surface area contributed by atoms with Crippen molar-refractivity contribution in [3.63, 3.8) is 0 Å². The quantitative estimate of drug-likeness (QED) is 0.696. The predicted molar refractivity (Wildman–Crippen MR) is 99.1 cm³/mol. The van der Waals surface area contributed by atoms with Crippen LogP contribution in [0.15, 0.2) is 47.6 Å². The second-order valence-corrected chi connectivity index (χ2v) is 6.26. The number of aliphatic hydroxyl groups is 1. The third-order valence-corrected chi connectivity index (χ3v) is 4.68. The van der Waals surface area contributed by atoms with Crippen molar-refractivity contribution < 1.29 is 28.2 Å². The van der Waals surface area contributed by atoms with Crippen LogP contribution in [0.2, 0.25) is 0 Å². The summed E-state index contributed by atoms with van der Waals surface area (Å²) in [6, 6.07) is 7.72. The smallest absolute Gasteiger partial charge is 0.425 e. The Labute approximate surface area is 158 Å². The number of benzene rings is 2. The average molecular weight is 390 g/mol. The predicted octanol–water partition coefficient (Wildman–Crippen LogP) is 3.55. The monoisotopic (exact) mass is 390 g/mol. The van der Waals surface area contributed by atoms with Crippen molar-refractivity contribution in [2.75, 3.05) is 6.54 Å². The number of aromatic carboxylic acids is 1. The average Bonchev–Trinajstić information content (AvgIpc) is 2.92. The number of rotatable bonds is 4. The summed E-state index contributed by atoms with van der Waals surface area (Å²) in [5, 5.41) is 20.4. The molecular formula is C20H17F3N2O3. The molecule has 2 aromatic rings. The fourth-order valence-corrected chi connectivity index (χ4v) is 3.42. The SMILES string of the molecule is CCN=CC(=CN)c1cc(C(=O)O)c2c(c1)C(O)(C(F)(F)F)c1ccccc1-2. The van der Waals surface area contributed by atoms with E-state index in [2.05, 4.69) is 4.99 Å².